The SMILES string of the molecule is CC(CCc1ccccc1)NC(=O)CNC(=O)c1ccco1. The van der Waals surface area contributed by atoms with Gasteiger partial charge in [0.2, 0.25) is 5.91 Å². The van der Waals surface area contributed by atoms with Gasteiger partial charge in [-0.1, -0.05) is 30.3 Å². The number of furan rings is 1. The Morgan fingerprint density at radius 2 is 1.91 bits per heavy atom. The summed E-state index contributed by atoms with van der Waals surface area (Å²) in [6, 6.07) is 13.3. The van der Waals surface area contributed by atoms with Crippen LogP contribution in [0.2, 0.25) is 0 Å². The second-order valence-electron chi connectivity index (χ2n) is 5.15. The Morgan fingerprint density at radius 3 is 2.59 bits per heavy atom. The monoisotopic (exact) mass is 300 g/mol. The van der Waals surface area contributed by atoms with Crippen molar-refractivity contribution in [2.45, 2.75) is 25.8 Å². The zero-order valence-corrected chi connectivity index (χ0v) is 12.5. The fourth-order valence-electron chi connectivity index (χ4n) is 2.08. The highest BCUT2D eigenvalue weighted by Crippen LogP contribution is 2.04. The molecule has 1 heterocycles. The van der Waals surface area contributed by atoms with Crippen LogP contribution in [0.5, 0.6) is 0 Å². The number of carbonyl (C=O) groups excluding carboxylic acids is 2. The molecular weight excluding hydrogens is 280 g/mol. The largest absolute Gasteiger partial charge is 0.459 e. The van der Waals surface area contributed by atoms with E-state index in [1.165, 1.54) is 11.8 Å². The fraction of sp³-hybridized carbons (Fsp3) is 0.294. The Hall–Kier alpha value is -2.56. The summed E-state index contributed by atoms with van der Waals surface area (Å²) < 4.78 is 4.95. The first-order chi connectivity index (χ1) is 10.6. The third-order valence-electron chi connectivity index (χ3n) is 3.27. The van der Waals surface area contributed by atoms with Crippen LogP contribution in [0.15, 0.2) is 53.1 Å². The van der Waals surface area contributed by atoms with Gasteiger partial charge >= 0.3 is 0 Å². The minimum atomic E-state index is -0.392. The van der Waals surface area contributed by atoms with Gasteiger partial charge in [-0.05, 0) is 37.5 Å². The molecule has 1 aromatic carbocycles. The minimum absolute atomic E-state index is 0.0493. The molecular formula is C17H20N2O3. The van der Waals surface area contributed by atoms with Crippen LogP contribution in [0.25, 0.3) is 0 Å². The van der Waals surface area contributed by atoms with Crippen LogP contribution in [0.3, 0.4) is 0 Å². The first-order valence-corrected chi connectivity index (χ1v) is 7.30. The average Bonchev–Trinajstić information content (AvgIpc) is 3.06. The molecule has 1 atom stereocenters. The number of rotatable bonds is 7. The Labute approximate surface area is 129 Å². The molecule has 2 N–H and O–H groups in total. The van der Waals surface area contributed by atoms with E-state index in [0.717, 1.165) is 12.8 Å². The molecule has 0 aliphatic rings. The summed E-state index contributed by atoms with van der Waals surface area (Å²) in [7, 11) is 0. The van der Waals surface area contributed by atoms with Crippen molar-refractivity contribution < 1.29 is 14.0 Å². The normalized spacial score (nSPS) is 11.7. The van der Waals surface area contributed by atoms with Gasteiger partial charge in [-0.15, -0.1) is 0 Å². The first-order valence-electron chi connectivity index (χ1n) is 7.30. The summed E-state index contributed by atoms with van der Waals surface area (Å²) in [5.74, 6) is -0.400. The molecule has 1 aromatic heterocycles. The van der Waals surface area contributed by atoms with Crippen molar-refractivity contribution in [2.75, 3.05) is 6.54 Å². The van der Waals surface area contributed by atoms with E-state index in [1.807, 2.05) is 25.1 Å². The number of benzene rings is 1. The topological polar surface area (TPSA) is 71.3 Å². The quantitative estimate of drug-likeness (QED) is 0.823. The highest BCUT2D eigenvalue weighted by Gasteiger charge is 2.11. The third kappa shape index (κ3) is 5.09. The lowest BCUT2D eigenvalue weighted by atomic mass is 10.1. The maximum absolute atomic E-state index is 11.8. The van der Waals surface area contributed by atoms with E-state index in [1.54, 1.807) is 12.1 Å². The van der Waals surface area contributed by atoms with Crippen molar-refractivity contribution in [3.05, 3.63) is 60.1 Å². The predicted octanol–water partition coefficient (Wildman–Crippen LogP) is 2.15. The first kappa shape index (κ1) is 15.8. The summed E-state index contributed by atoms with van der Waals surface area (Å²) in [6.45, 7) is 1.89. The van der Waals surface area contributed by atoms with Crippen molar-refractivity contribution in [2.24, 2.45) is 0 Å². The zero-order chi connectivity index (χ0) is 15.8. The van der Waals surface area contributed by atoms with Crippen molar-refractivity contribution in [1.82, 2.24) is 10.6 Å². The molecule has 1 unspecified atom stereocenters. The lowest BCUT2D eigenvalue weighted by Gasteiger charge is -2.14. The Kier molecular flexibility index (Phi) is 5.77. The van der Waals surface area contributed by atoms with Gasteiger partial charge in [0.15, 0.2) is 5.76 Å². The number of hydrogen-bond donors (Lipinski definition) is 2. The van der Waals surface area contributed by atoms with E-state index in [9.17, 15) is 9.59 Å². The van der Waals surface area contributed by atoms with Crippen molar-refractivity contribution >= 4 is 11.8 Å². The van der Waals surface area contributed by atoms with Gasteiger partial charge in [-0.25, -0.2) is 0 Å². The van der Waals surface area contributed by atoms with Crippen LogP contribution in [-0.2, 0) is 11.2 Å². The van der Waals surface area contributed by atoms with Crippen molar-refractivity contribution in [3.8, 4) is 0 Å². The molecule has 2 rings (SSSR count). The Bertz CT molecular complexity index is 594. The van der Waals surface area contributed by atoms with Crippen LogP contribution in [-0.4, -0.2) is 24.4 Å². The van der Waals surface area contributed by atoms with E-state index in [-0.39, 0.29) is 24.3 Å². The lowest BCUT2D eigenvalue weighted by molar-refractivity contribution is -0.120. The zero-order valence-electron chi connectivity index (χ0n) is 12.5. The van der Waals surface area contributed by atoms with Gasteiger partial charge in [0.25, 0.3) is 5.91 Å². The van der Waals surface area contributed by atoms with E-state index >= 15 is 0 Å². The van der Waals surface area contributed by atoms with Gasteiger partial charge in [-0.2, -0.15) is 0 Å². The minimum Gasteiger partial charge on any atom is -0.459 e. The highest BCUT2D eigenvalue weighted by molar-refractivity contribution is 5.94. The maximum atomic E-state index is 11.8. The summed E-state index contributed by atoms with van der Waals surface area (Å²) in [6.07, 6.45) is 3.17. The molecule has 0 radical (unpaired) electrons. The molecule has 0 aliphatic heterocycles. The van der Waals surface area contributed by atoms with Gasteiger partial charge < -0.3 is 15.1 Å². The molecule has 5 heteroatoms. The number of nitrogens with one attached hydrogen (secondary N) is 2. The van der Waals surface area contributed by atoms with Crippen molar-refractivity contribution in [1.29, 1.82) is 0 Å². The number of hydrogen-bond acceptors (Lipinski definition) is 3. The van der Waals surface area contributed by atoms with E-state index in [2.05, 4.69) is 22.8 Å². The fourth-order valence-corrected chi connectivity index (χ4v) is 2.08. The molecule has 0 aliphatic carbocycles. The molecule has 0 saturated heterocycles. The summed E-state index contributed by atoms with van der Waals surface area (Å²) in [5.41, 5.74) is 1.25. The molecule has 22 heavy (non-hydrogen) atoms. The molecule has 0 spiro atoms. The Morgan fingerprint density at radius 1 is 1.14 bits per heavy atom. The molecule has 2 amide bonds. The summed E-state index contributed by atoms with van der Waals surface area (Å²) in [4.78, 5) is 23.4. The standard InChI is InChI=1S/C17H20N2O3/c1-13(9-10-14-6-3-2-4-7-14)19-16(20)12-18-17(21)15-8-5-11-22-15/h2-8,11,13H,9-10,12H2,1H3,(H,18,21)(H,19,20). The molecule has 0 bridgehead atoms. The lowest BCUT2D eigenvalue weighted by Crippen LogP contribution is -2.41. The van der Waals surface area contributed by atoms with E-state index in [4.69, 9.17) is 4.42 Å². The third-order valence-corrected chi connectivity index (χ3v) is 3.27. The van der Waals surface area contributed by atoms with Crippen molar-refractivity contribution in [3.63, 3.8) is 0 Å². The van der Waals surface area contributed by atoms with Gasteiger partial charge in [0, 0.05) is 6.04 Å². The van der Waals surface area contributed by atoms with Crippen LogP contribution in [0.4, 0.5) is 0 Å². The maximum Gasteiger partial charge on any atom is 0.287 e. The Balaban J connectivity index is 1.67. The number of aryl methyl sites for hydroxylation is 1. The van der Waals surface area contributed by atoms with Crippen LogP contribution in [0, 0.1) is 0 Å². The van der Waals surface area contributed by atoms with E-state index < -0.39 is 5.91 Å². The number of amides is 2. The second kappa shape index (κ2) is 8.02. The highest BCUT2D eigenvalue weighted by atomic mass is 16.3. The van der Waals surface area contributed by atoms with Gasteiger partial charge in [0.1, 0.15) is 0 Å². The molecule has 116 valence electrons. The van der Waals surface area contributed by atoms with Crippen LogP contribution in [0.1, 0.15) is 29.5 Å². The van der Waals surface area contributed by atoms with Gasteiger partial charge in [-0.3, -0.25) is 9.59 Å². The molecule has 0 fully saturated rings. The smallest absolute Gasteiger partial charge is 0.287 e. The van der Waals surface area contributed by atoms with Crippen LogP contribution >= 0.6 is 0 Å². The van der Waals surface area contributed by atoms with Gasteiger partial charge in [0.05, 0.1) is 12.8 Å². The van der Waals surface area contributed by atoms with E-state index in [0.29, 0.717) is 0 Å². The number of carbonyl (C=O) groups is 2. The summed E-state index contributed by atoms with van der Waals surface area (Å²) in [5, 5.41) is 5.39. The molecule has 5 nitrogen and oxygen atoms in total. The summed E-state index contributed by atoms with van der Waals surface area (Å²) >= 11 is 0. The second-order valence-corrected chi connectivity index (χ2v) is 5.15. The molecule has 0 saturated carbocycles. The average molecular weight is 300 g/mol. The van der Waals surface area contributed by atoms with Crippen LogP contribution < -0.4 is 10.6 Å². The predicted molar refractivity (Wildman–Crippen MR) is 83.4 cm³/mol. The molecule has 2 aromatic rings.